The third-order valence-corrected chi connectivity index (χ3v) is 4.94. The van der Waals surface area contributed by atoms with Crippen molar-refractivity contribution in [2.24, 2.45) is 0 Å². The topological polar surface area (TPSA) is 18.5 Å². The Hall–Kier alpha value is -1.24. The molecule has 0 aromatic heterocycles. The zero-order chi connectivity index (χ0) is 14.8. The molecule has 1 aliphatic heterocycles. The SMILES string of the molecule is CCc1ccc2c(c1)Cc1c(ccc(CC)c1Cl)OPO2. The molecule has 21 heavy (non-hydrogen) atoms. The van der Waals surface area contributed by atoms with Crippen LogP contribution in [0.1, 0.15) is 36.1 Å². The summed E-state index contributed by atoms with van der Waals surface area (Å²) in [4.78, 5) is 0. The molecule has 2 aromatic rings. The highest BCUT2D eigenvalue weighted by Gasteiger charge is 2.18. The molecule has 110 valence electrons. The zero-order valence-corrected chi connectivity index (χ0v) is 14.0. The fourth-order valence-electron chi connectivity index (χ4n) is 2.58. The van der Waals surface area contributed by atoms with E-state index in [2.05, 4.69) is 26.0 Å². The maximum absolute atomic E-state index is 6.58. The molecule has 1 atom stereocenters. The van der Waals surface area contributed by atoms with Crippen molar-refractivity contribution in [3.63, 3.8) is 0 Å². The molecule has 0 spiro atoms. The second kappa shape index (κ2) is 6.25. The third kappa shape index (κ3) is 2.88. The molecule has 1 unspecified atom stereocenters. The molecule has 4 heteroatoms. The van der Waals surface area contributed by atoms with Crippen LogP contribution in [-0.2, 0) is 19.3 Å². The van der Waals surface area contributed by atoms with Crippen LogP contribution in [0.5, 0.6) is 11.5 Å². The van der Waals surface area contributed by atoms with Crippen molar-refractivity contribution >= 4 is 20.6 Å². The molecular formula is C17H18ClO2P. The van der Waals surface area contributed by atoms with Gasteiger partial charge in [0, 0.05) is 12.0 Å². The maximum atomic E-state index is 6.58. The highest BCUT2D eigenvalue weighted by atomic mass is 35.5. The summed E-state index contributed by atoms with van der Waals surface area (Å²) in [6.45, 7) is 4.28. The first-order valence-corrected chi connectivity index (χ1v) is 8.43. The molecule has 0 N–H and O–H groups in total. The fourth-order valence-corrected chi connectivity index (χ4v) is 3.55. The number of aryl methyl sites for hydroxylation is 2. The van der Waals surface area contributed by atoms with Gasteiger partial charge in [0.2, 0.25) is 0 Å². The lowest BCUT2D eigenvalue weighted by Crippen LogP contribution is -2.03. The molecule has 2 aromatic carbocycles. The van der Waals surface area contributed by atoms with Crippen molar-refractivity contribution in [2.45, 2.75) is 33.1 Å². The van der Waals surface area contributed by atoms with Gasteiger partial charge in [-0.25, -0.2) is 0 Å². The van der Waals surface area contributed by atoms with E-state index in [9.17, 15) is 0 Å². The van der Waals surface area contributed by atoms with Crippen molar-refractivity contribution in [2.75, 3.05) is 0 Å². The summed E-state index contributed by atoms with van der Waals surface area (Å²) < 4.78 is 11.5. The van der Waals surface area contributed by atoms with Crippen LogP contribution in [-0.4, -0.2) is 0 Å². The van der Waals surface area contributed by atoms with Crippen LogP contribution < -0.4 is 9.05 Å². The molecule has 2 nitrogen and oxygen atoms in total. The van der Waals surface area contributed by atoms with Crippen LogP contribution in [0.3, 0.4) is 0 Å². The molecule has 0 saturated carbocycles. The summed E-state index contributed by atoms with van der Waals surface area (Å²) in [5.41, 5.74) is 4.73. The van der Waals surface area contributed by atoms with E-state index in [1.807, 2.05) is 18.2 Å². The summed E-state index contributed by atoms with van der Waals surface area (Å²) in [5, 5.41) is 0.828. The summed E-state index contributed by atoms with van der Waals surface area (Å²) in [5.74, 6) is 1.73. The van der Waals surface area contributed by atoms with E-state index in [1.54, 1.807) is 0 Å². The van der Waals surface area contributed by atoms with Gasteiger partial charge in [-0.05, 0) is 41.7 Å². The van der Waals surface area contributed by atoms with Crippen molar-refractivity contribution in [3.05, 3.63) is 57.6 Å². The van der Waals surface area contributed by atoms with Crippen molar-refractivity contribution < 1.29 is 9.05 Å². The van der Waals surface area contributed by atoms with Crippen LogP contribution in [0.15, 0.2) is 30.3 Å². The van der Waals surface area contributed by atoms with E-state index in [-0.39, 0.29) is 9.03 Å². The zero-order valence-electron chi connectivity index (χ0n) is 12.2. The molecule has 0 fully saturated rings. The van der Waals surface area contributed by atoms with Gasteiger partial charge < -0.3 is 9.05 Å². The lowest BCUT2D eigenvalue weighted by atomic mass is 9.98. The molecule has 0 saturated heterocycles. The molecule has 1 aliphatic rings. The van der Waals surface area contributed by atoms with Crippen molar-refractivity contribution in [3.8, 4) is 11.5 Å². The monoisotopic (exact) mass is 320 g/mol. The number of halogens is 1. The standard InChI is InChI=1S/C17H18ClO2P/c1-3-11-5-7-15-13(9-11)10-14-16(20-21-19-15)8-6-12(4-2)17(14)18/h5-9,21H,3-4,10H2,1-2H3. The maximum Gasteiger partial charge on any atom is 0.275 e. The largest absolute Gasteiger partial charge is 0.440 e. The van der Waals surface area contributed by atoms with Gasteiger partial charge in [0.25, 0.3) is 9.03 Å². The molecule has 1 heterocycles. The summed E-state index contributed by atoms with van der Waals surface area (Å²) in [6.07, 6.45) is 2.68. The van der Waals surface area contributed by atoms with E-state index < -0.39 is 0 Å². The Kier molecular flexibility index (Phi) is 4.37. The molecule has 0 amide bonds. The number of hydrogen-bond acceptors (Lipinski definition) is 2. The Bertz CT molecular complexity index is 670. The van der Waals surface area contributed by atoms with Gasteiger partial charge in [-0.1, -0.05) is 43.6 Å². The second-order valence-corrected chi connectivity index (χ2v) is 6.08. The minimum atomic E-state index is -0.0431. The summed E-state index contributed by atoms with van der Waals surface area (Å²) in [7, 11) is -0.0431. The van der Waals surface area contributed by atoms with Crippen molar-refractivity contribution in [1.29, 1.82) is 0 Å². The van der Waals surface area contributed by atoms with E-state index in [0.29, 0.717) is 0 Å². The van der Waals surface area contributed by atoms with Crippen LogP contribution >= 0.6 is 20.6 Å². The Balaban J connectivity index is 2.10. The average Bonchev–Trinajstić information content (AvgIpc) is 2.49. The lowest BCUT2D eigenvalue weighted by molar-refractivity contribution is 0.501. The smallest absolute Gasteiger partial charge is 0.275 e. The summed E-state index contributed by atoms with van der Waals surface area (Å²) >= 11 is 6.58. The second-order valence-electron chi connectivity index (χ2n) is 5.13. The molecule has 3 rings (SSSR count). The normalized spacial score (nSPS) is 14.4. The first kappa shape index (κ1) is 14.7. The van der Waals surface area contributed by atoms with Gasteiger partial charge in [0.1, 0.15) is 11.5 Å². The fraction of sp³-hybridized carbons (Fsp3) is 0.294. The average molecular weight is 321 g/mol. The van der Waals surface area contributed by atoms with Crippen LogP contribution in [0.25, 0.3) is 0 Å². The summed E-state index contributed by atoms with van der Waals surface area (Å²) in [6, 6.07) is 10.4. The number of fused-ring (bicyclic) bond motifs is 2. The highest BCUT2D eigenvalue weighted by molar-refractivity contribution is 7.27. The molecular weight excluding hydrogens is 303 g/mol. The number of benzene rings is 2. The van der Waals surface area contributed by atoms with Crippen LogP contribution in [0.2, 0.25) is 5.02 Å². The number of rotatable bonds is 2. The molecule has 0 aliphatic carbocycles. The number of hydrogen-bond donors (Lipinski definition) is 0. The Morgan fingerprint density at radius 2 is 1.81 bits per heavy atom. The quantitative estimate of drug-likeness (QED) is 0.696. The highest BCUT2D eigenvalue weighted by Crippen LogP contribution is 2.40. The molecule has 0 bridgehead atoms. The minimum absolute atomic E-state index is 0.0431. The van der Waals surface area contributed by atoms with Gasteiger partial charge in [-0.2, -0.15) is 0 Å². The van der Waals surface area contributed by atoms with E-state index in [0.717, 1.165) is 46.9 Å². The first-order valence-electron chi connectivity index (χ1n) is 7.23. The third-order valence-electron chi connectivity index (χ3n) is 3.86. The Labute approximate surface area is 132 Å². The predicted molar refractivity (Wildman–Crippen MR) is 89.0 cm³/mol. The predicted octanol–water partition coefficient (Wildman–Crippen LogP) is 5.34. The van der Waals surface area contributed by atoms with Crippen LogP contribution in [0.4, 0.5) is 0 Å². The first-order chi connectivity index (χ1) is 10.2. The van der Waals surface area contributed by atoms with Gasteiger partial charge in [0.05, 0.1) is 5.02 Å². The van der Waals surface area contributed by atoms with Gasteiger partial charge in [-0.15, -0.1) is 0 Å². The lowest BCUT2D eigenvalue weighted by Gasteiger charge is -2.20. The van der Waals surface area contributed by atoms with Crippen molar-refractivity contribution in [1.82, 2.24) is 0 Å². The minimum Gasteiger partial charge on any atom is -0.440 e. The van der Waals surface area contributed by atoms with Crippen LogP contribution in [0, 0.1) is 0 Å². The van der Waals surface area contributed by atoms with E-state index in [1.165, 1.54) is 11.1 Å². The molecule has 0 radical (unpaired) electrons. The van der Waals surface area contributed by atoms with E-state index >= 15 is 0 Å². The van der Waals surface area contributed by atoms with Gasteiger partial charge in [0.15, 0.2) is 0 Å². The van der Waals surface area contributed by atoms with E-state index in [4.69, 9.17) is 20.6 Å². The Morgan fingerprint density at radius 1 is 1.05 bits per heavy atom. The van der Waals surface area contributed by atoms with Gasteiger partial charge >= 0.3 is 0 Å². The van der Waals surface area contributed by atoms with Gasteiger partial charge in [-0.3, -0.25) is 0 Å². The Morgan fingerprint density at radius 3 is 2.57 bits per heavy atom.